The Kier molecular flexibility index (Phi) is 7.48. The summed E-state index contributed by atoms with van der Waals surface area (Å²) in [5, 5.41) is 0.478. The van der Waals surface area contributed by atoms with Crippen molar-refractivity contribution in [1.82, 2.24) is 0 Å². The average molecular weight is 361 g/mol. The standard InChI is InChI=1S/C20H21ClO4/c1-2-3-4-5-12-24-19(22)15-8-6-9-16(13-15)20(23)25-18-11-7-10-17(21)14-18/h6-11,13-14H,2-5,12H2,1H3. The van der Waals surface area contributed by atoms with Gasteiger partial charge in [-0.2, -0.15) is 0 Å². The molecule has 0 aromatic heterocycles. The zero-order valence-corrected chi connectivity index (χ0v) is 14.9. The number of rotatable bonds is 8. The van der Waals surface area contributed by atoms with Gasteiger partial charge in [0.1, 0.15) is 5.75 Å². The van der Waals surface area contributed by atoms with E-state index in [9.17, 15) is 9.59 Å². The molecule has 0 aliphatic rings. The van der Waals surface area contributed by atoms with Crippen LogP contribution in [-0.2, 0) is 4.74 Å². The third-order valence-corrected chi connectivity index (χ3v) is 3.81. The van der Waals surface area contributed by atoms with Crippen LogP contribution in [0.2, 0.25) is 5.02 Å². The van der Waals surface area contributed by atoms with E-state index in [1.165, 1.54) is 6.07 Å². The fourth-order valence-corrected chi connectivity index (χ4v) is 2.43. The van der Waals surface area contributed by atoms with Crippen molar-refractivity contribution < 1.29 is 19.1 Å². The molecule has 0 aliphatic heterocycles. The van der Waals surface area contributed by atoms with Gasteiger partial charge in [0, 0.05) is 5.02 Å². The highest BCUT2D eigenvalue weighted by atomic mass is 35.5. The molecule has 25 heavy (non-hydrogen) atoms. The number of carbonyl (C=O) groups is 2. The first-order valence-electron chi connectivity index (χ1n) is 8.35. The predicted octanol–water partition coefficient (Wildman–Crippen LogP) is 5.30. The smallest absolute Gasteiger partial charge is 0.343 e. The fraction of sp³-hybridized carbons (Fsp3) is 0.300. The minimum atomic E-state index is -0.556. The molecule has 2 aromatic rings. The number of unbranched alkanes of at least 4 members (excludes halogenated alkanes) is 3. The molecule has 0 saturated heterocycles. The number of ether oxygens (including phenoxy) is 2. The summed E-state index contributed by atoms with van der Waals surface area (Å²) in [5.74, 6) is -0.643. The summed E-state index contributed by atoms with van der Waals surface area (Å²) >= 11 is 5.87. The van der Waals surface area contributed by atoms with Gasteiger partial charge in [-0.1, -0.05) is 49.9 Å². The van der Waals surface area contributed by atoms with Crippen LogP contribution in [0.15, 0.2) is 48.5 Å². The first-order valence-corrected chi connectivity index (χ1v) is 8.73. The molecule has 0 aliphatic carbocycles. The molecule has 5 heteroatoms. The molecule has 0 atom stereocenters. The number of esters is 2. The van der Waals surface area contributed by atoms with Gasteiger partial charge in [-0.25, -0.2) is 9.59 Å². The summed E-state index contributed by atoms with van der Waals surface area (Å²) < 4.78 is 10.5. The van der Waals surface area contributed by atoms with Crippen molar-refractivity contribution in [3.05, 3.63) is 64.7 Å². The van der Waals surface area contributed by atoms with Crippen molar-refractivity contribution in [2.45, 2.75) is 32.6 Å². The van der Waals surface area contributed by atoms with Crippen LogP contribution in [-0.4, -0.2) is 18.5 Å². The van der Waals surface area contributed by atoms with Crippen molar-refractivity contribution in [2.24, 2.45) is 0 Å². The SMILES string of the molecule is CCCCCCOC(=O)c1cccc(C(=O)Oc2cccc(Cl)c2)c1. The quantitative estimate of drug-likeness (QED) is 0.364. The average Bonchev–Trinajstić information content (AvgIpc) is 2.61. The molecule has 0 radical (unpaired) electrons. The zero-order chi connectivity index (χ0) is 18.1. The molecule has 4 nitrogen and oxygen atoms in total. The Labute approximate surface area is 152 Å². The van der Waals surface area contributed by atoms with Gasteiger partial charge in [0.15, 0.2) is 0 Å². The maximum atomic E-state index is 12.2. The third-order valence-electron chi connectivity index (χ3n) is 3.57. The van der Waals surface area contributed by atoms with Gasteiger partial charge in [0.25, 0.3) is 0 Å². The van der Waals surface area contributed by atoms with Crippen LogP contribution in [0.3, 0.4) is 0 Å². The van der Waals surface area contributed by atoms with Crippen LogP contribution in [0, 0.1) is 0 Å². The van der Waals surface area contributed by atoms with E-state index in [1.54, 1.807) is 42.5 Å². The molecule has 132 valence electrons. The molecule has 0 N–H and O–H groups in total. The molecule has 0 bridgehead atoms. The summed E-state index contributed by atoms with van der Waals surface area (Å²) in [6, 6.07) is 12.9. The van der Waals surface area contributed by atoms with E-state index in [2.05, 4.69) is 6.92 Å². The molecule has 2 aromatic carbocycles. The summed E-state index contributed by atoms with van der Waals surface area (Å²) in [5.41, 5.74) is 0.608. The van der Waals surface area contributed by atoms with E-state index >= 15 is 0 Å². The summed E-state index contributed by atoms with van der Waals surface area (Å²) in [7, 11) is 0. The Hall–Kier alpha value is -2.33. The van der Waals surface area contributed by atoms with Crippen LogP contribution in [0.1, 0.15) is 53.3 Å². The first kappa shape index (κ1) is 19.0. The van der Waals surface area contributed by atoms with Gasteiger partial charge >= 0.3 is 11.9 Å². The van der Waals surface area contributed by atoms with Crippen molar-refractivity contribution in [3.8, 4) is 5.75 Å². The second kappa shape index (κ2) is 9.84. The van der Waals surface area contributed by atoms with Gasteiger partial charge < -0.3 is 9.47 Å². The molecule has 0 amide bonds. The minimum Gasteiger partial charge on any atom is -0.462 e. The molecule has 0 saturated carbocycles. The molecule has 0 fully saturated rings. The molecular formula is C20H21ClO4. The summed E-state index contributed by atoms with van der Waals surface area (Å²) in [6.07, 6.45) is 4.14. The van der Waals surface area contributed by atoms with Crippen LogP contribution in [0.4, 0.5) is 0 Å². The fourth-order valence-electron chi connectivity index (χ4n) is 2.25. The van der Waals surface area contributed by atoms with Crippen molar-refractivity contribution >= 4 is 23.5 Å². The van der Waals surface area contributed by atoms with E-state index in [4.69, 9.17) is 21.1 Å². The highest BCUT2D eigenvalue weighted by Gasteiger charge is 2.13. The number of hydrogen-bond acceptors (Lipinski definition) is 4. The maximum absolute atomic E-state index is 12.2. The Balaban J connectivity index is 1.95. The van der Waals surface area contributed by atoms with Gasteiger partial charge in [0.05, 0.1) is 17.7 Å². The van der Waals surface area contributed by atoms with Crippen molar-refractivity contribution in [2.75, 3.05) is 6.61 Å². The van der Waals surface area contributed by atoms with Crippen LogP contribution < -0.4 is 4.74 Å². The Morgan fingerprint density at radius 3 is 2.36 bits per heavy atom. The molecule has 0 heterocycles. The lowest BCUT2D eigenvalue weighted by molar-refractivity contribution is 0.0498. The van der Waals surface area contributed by atoms with E-state index in [-0.39, 0.29) is 5.56 Å². The van der Waals surface area contributed by atoms with E-state index in [0.29, 0.717) is 22.9 Å². The second-order valence-corrected chi connectivity index (χ2v) is 6.06. The largest absolute Gasteiger partial charge is 0.462 e. The predicted molar refractivity (Wildman–Crippen MR) is 97.3 cm³/mol. The number of hydrogen-bond donors (Lipinski definition) is 0. The highest BCUT2D eigenvalue weighted by Crippen LogP contribution is 2.19. The molecule has 0 spiro atoms. The van der Waals surface area contributed by atoms with E-state index < -0.39 is 11.9 Å². The van der Waals surface area contributed by atoms with Crippen molar-refractivity contribution in [3.63, 3.8) is 0 Å². The molecular weight excluding hydrogens is 340 g/mol. The third kappa shape index (κ3) is 6.24. The number of benzene rings is 2. The Bertz CT molecular complexity index is 727. The minimum absolute atomic E-state index is 0.278. The normalized spacial score (nSPS) is 10.3. The monoisotopic (exact) mass is 360 g/mol. The topological polar surface area (TPSA) is 52.6 Å². The van der Waals surface area contributed by atoms with Gasteiger partial charge in [-0.05, 0) is 42.8 Å². The van der Waals surface area contributed by atoms with E-state index in [1.807, 2.05) is 0 Å². The van der Waals surface area contributed by atoms with Crippen LogP contribution in [0.5, 0.6) is 5.75 Å². The number of carbonyl (C=O) groups excluding carboxylic acids is 2. The Morgan fingerprint density at radius 2 is 1.64 bits per heavy atom. The summed E-state index contributed by atoms with van der Waals surface area (Å²) in [6.45, 7) is 2.51. The summed E-state index contributed by atoms with van der Waals surface area (Å²) in [4.78, 5) is 24.3. The van der Waals surface area contributed by atoms with Crippen LogP contribution >= 0.6 is 11.6 Å². The zero-order valence-electron chi connectivity index (χ0n) is 14.2. The van der Waals surface area contributed by atoms with E-state index in [0.717, 1.165) is 25.7 Å². The first-order chi connectivity index (χ1) is 12.1. The van der Waals surface area contributed by atoms with Crippen LogP contribution in [0.25, 0.3) is 0 Å². The van der Waals surface area contributed by atoms with Gasteiger partial charge in [-0.15, -0.1) is 0 Å². The van der Waals surface area contributed by atoms with Crippen molar-refractivity contribution in [1.29, 1.82) is 0 Å². The lowest BCUT2D eigenvalue weighted by Crippen LogP contribution is -2.11. The molecule has 2 rings (SSSR count). The number of halogens is 1. The maximum Gasteiger partial charge on any atom is 0.343 e. The molecule has 0 unspecified atom stereocenters. The van der Waals surface area contributed by atoms with Gasteiger partial charge in [-0.3, -0.25) is 0 Å². The lowest BCUT2D eigenvalue weighted by atomic mass is 10.1. The second-order valence-electron chi connectivity index (χ2n) is 5.62. The Morgan fingerprint density at radius 1 is 0.920 bits per heavy atom. The van der Waals surface area contributed by atoms with Gasteiger partial charge in [0.2, 0.25) is 0 Å². The lowest BCUT2D eigenvalue weighted by Gasteiger charge is -2.07. The highest BCUT2D eigenvalue weighted by molar-refractivity contribution is 6.30.